The molecule has 120 valence electrons. The molecule has 0 unspecified atom stereocenters. The molecule has 0 aliphatic rings. The second-order valence-corrected chi connectivity index (χ2v) is 12.2. The molecule has 0 fully saturated rings. The summed E-state index contributed by atoms with van der Waals surface area (Å²) >= 11 is 11.5. The highest BCUT2D eigenvalue weighted by molar-refractivity contribution is 6.76. The molecular formula is C12H18Cl2N6OSi. The van der Waals surface area contributed by atoms with Crippen LogP contribution in [0, 0.1) is 0 Å². The number of halogens is 2. The predicted molar refractivity (Wildman–Crippen MR) is 89.5 cm³/mol. The van der Waals surface area contributed by atoms with Crippen LogP contribution in [0.4, 0.5) is 11.8 Å². The Bertz CT molecular complexity index is 610. The Morgan fingerprint density at radius 2 is 1.86 bits per heavy atom. The van der Waals surface area contributed by atoms with Crippen LogP contribution in [0.1, 0.15) is 0 Å². The Balaban J connectivity index is 1.94. The molecule has 0 spiro atoms. The van der Waals surface area contributed by atoms with Crippen molar-refractivity contribution < 1.29 is 4.74 Å². The van der Waals surface area contributed by atoms with Crippen LogP contribution in [0.25, 0.3) is 0 Å². The van der Waals surface area contributed by atoms with Gasteiger partial charge in [-0.2, -0.15) is 15.0 Å². The van der Waals surface area contributed by atoms with Gasteiger partial charge in [0.1, 0.15) is 12.5 Å². The normalized spacial score (nSPS) is 11.7. The maximum Gasteiger partial charge on any atom is 0.234 e. The van der Waals surface area contributed by atoms with Crippen LogP contribution in [0.3, 0.4) is 0 Å². The second-order valence-electron chi connectivity index (χ2n) is 5.92. The van der Waals surface area contributed by atoms with Gasteiger partial charge in [0, 0.05) is 14.7 Å². The Hall–Kier alpha value is -1.22. The van der Waals surface area contributed by atoms with Gasteiger partial charge in [-0.15, -0.1) is 0 Å². The lowest BCUT2D eigenvalue weighted by atomic mass is 10.7. The first-order valence-electron chi connectivity index (χ1n) is 6.75. The van der Waals surface area contributed by atoms with Crippen LogP contribution in [-0.4, -0.2) is 39.2 Å². The Morgan fingerprint density at radius 3 is 2.50 bits per heavy atom. The van der Waals surface area contributed by atoms with Gasteiger partial charge >= 0.3 is 0 Å². The molecule has 0 radical (unpaired) electrons. The minimum Gasteiger partial charge on any atom is -0.361 e. The summed E-state index contributed by atoms with van der Waals surface area (Å²) in [7, 11) is -1.09. The lowest BCUT2D eigenvalue weighted by Crippen LogP contribution is -2.22. The van der Waals surface area contributed by atoms with Gasteiger partial charge in [-0.25, -0.2) is 4.98 Å². The molecule has 2 heterocycles. The number of aromatic nitrogens is 5. The number of rotatable bonds is 7. The first kappa shape index (κ1) is 17.1. The molecule has 22 heavy (non-hydrogen) atoms. The van der Waals surface area contributed by atoms with E-state index in [0.717, 1.165) is 12.7 Å². The quantitative estimate of drug-likeness (QED) is 0.601. The summed E-state index contributed by atoms with van der Waals surface area (Å²) in [6.07, 6.45) is 3.31. The van der Waals surface area contributed by atoms with Crippen LogP contribution >= 0.6 is 23.2 Å². The molecule has 2 aromatic heterocycles. The van der Waals surface area contributed by atoms with Gasteiger partial charge in [0.25, 0.3) is 0 Å². The number of hydrogen-bond acceptors (Lipinski definition) is 6. The average molecular weight is 361 g/mol. The number of hydrogen-bond donors (Lipinski definition) is 1. The first-order chi connectivity index (χ1) is 10.3. The third kappa shape index (κ3) is 5.52. The molecule has 10 heteroatoms. The summed E-state index contributed by atoms with van der Waals surface area (Å²) < 4.78 is 7.51. The highest BCUT2D eigenvalue weighted by atomic mass is 35.5. The molecular weight excluding hydrogens is 343 g/mol. The third-order valence-corrected chi connectivity index (χ3v) is 4.80. The Morgan fingerprint density at radius 1 is 1.18 bits per heavy atom. The van der Waals surface area contributed by atoms with Crippen molar-refractivity contribution in [2.45, 2.75) is 32.4 Å². The minimum atomic E-state index is -1.09. The maximum atomic E-state index is 5.75. The molecule has 0 amide bonds. The third-order valence-electron chi connectivity index (χ3n) is 2.76. The molecule has 0 saturated heterocycles. The van der Waals surface area contributed by atoms with E-state index in [9.17, 15) is 0 Å². The lowest BCUT2D eigenvalue weighted by Gasteiger charge is -2.16. The Labute approximate surface area is 140 Å². The summed E-state index contributed by atoms with van der Waals surface area (Å²) in [5.74, 6) is 0.945. The average Bonchev–Trinajstić information content (AvgIpc) is 2.79. The van der Waals surface area contributed by atoms with E-state index in [1.54, 1.807) is 12.5 Å². The smallest absolute Gasteiger partial charge is 0.234 e. The van der Waals surface area contributed by atoms with E-state index in [0.29, 0.717) is 12.5 Å². The van der Waals surface area contributed by atoms with E-state index in [1.165, 1.54) is 0 Å². The van der Waals surface area contributed by atoms with Gasteiger partial charge in [0.15, 0.2) is 0 Å². The second kappa shape index (κ2) is 7.36. The lowest BCUT2D eigenvalue weighted by molar-refractivity contribution is 0.0885. The zero-order valence-corrected chi connectivity index (χ0v) is 15.2. The van der Waals surface area contributed by atoms with Crippen molar-refractivity contribution in [1.82, 2.24) is 24.5 Å². The minimum absolute atomic E-state index is 0.0277. The number of imidazole rings is 1. The van der Waals surface area contributed by atoms with Crippen molar-refractivity contribution in [3.63, 3.8) is 0 Å². The van der Waals surface area contributed by atoms with Gasteiger partial charge in [-0.3, -0.25) is 4.57 Å². The van der Waals surface area contributed by atoms with Crippen molar-refractivity contribution in [3.05, 3.63) is 23.1 Å². The van der Waals surface area contributed by atoms with Crippen LogP contribution in [0.15, 0.2) is 12.5 Å². The largest absolute Gasteiger partial charge is 0.361 e. The predicted octanol–water partition coefficient (Wildman–Crippen LogP) is 3.43. The van der Waals surface area contributed by atoms with Crippen LogP contribution < -0.4 is 5.32 Å². The van der Waals surface area contributed by atoms with E-state index in [-0.39, 0.29) is 16.5 Å². The molecule has 0 aromatic carbocycles. The van der Waals surface area contributed by atoms with Gasteiger partial charge in [0.2, 0.25) is 16.5 Å². The summed E-state index contributed by atoms with van der Waals surface area (Å²) in [4.78, 5) is 15.7. The van der Waals surface area contributed by atoms with Crippen LogP contribution in [-0.2, 0) is 11.5 Å². The van der Waals surface area contributed by atoms with Gasteiger partial charge in [-0.05, 0) is 29.2 Å². The van der Waals surface area contributed by atoms with Gasteiger partial charge < -0.3 is 10.1 Å². The summed E-state index contributed by atoms with van der Waals surface area (Å²) in [6.45, 7) is 8.08. The maximum absolute atomic E-state index is 5.75. The molecule has 2 aromatic rings. The summed E-state index contributed by atoms with van der Waals surface area (Å²) in [5.41, 5.74) is 0. The van der Waals surface area contributed by atoms with Gasteiger partial charge in [0.05, 0.1) is 12.5 Å². The van der Waals surface area contributed by atoms with E-state index in [2.05, 4.69) is 44.9 Å². The fraction of sp³-hybridized carbons (Fsp3) is 0.500. The summed E-state index contributed by atoms with van der Waals surface area (Å²) in [5, 5.41) is 3.04. The van der Waals surface area contributed by atoms with Gasteiger partial charge in [-0.1, -0.05) is 19.6 Å². The molecule has 0 aliphatic heterocycles. The molecule has 7 nitrogen and oxygen atoms in total. The molecule has 0 aliphatic carbocycles. The zero-order chi connectivity index (χ0) is 16.2. The van der Waals surface area contributed by atoms with Crippen molar-refractivity contribution in [3.8, 4) is 0 Å². The number of ether oxygens (including phenoxy) is 1. The van der Waals surface area contributed by atoms with Crippen molar-refractivity contribution in [1.29, 1.82) is 0 Å². The van der Waals surface area contributed by atoms with Crippen LogP contribution in [0.2, 0.25) is 36.3 Å². The molecule has 1 N–H and O–H groups in total. The van der Waals surface area contributed by atoms with Crippen molar-refractivity contribution in [2.24, 2.45) is 0 Å². The van der Waals surface area contributed by atoms with E-state index >= 15 is 0 Å². The standard InChI is InChI=1S/C12H18Cl2N6OSi/c1-22(2,3)5-4-21-8-20-7-15-6-9(20)16-12-18-10(13)17-11(14)19-12/h6-7H,4-5,8H2,1-3H3,(H,16,17,18,19). The molecule has 2 rings (SSSR count). The van der Waals surface area contributed by atoms with Crippen molar-refractivity contribution in [2.75, 3.05) is 11.9 Å². The number of anilines is 2. The molecule has 0 atom stereocenters. The van der Waals surface area contributed by atoms with E-state index in [1.807, 2.05) is 4.57 Å². The number of nitrogens with zero attached hydrogens (tertiary/aromatic N) is 5. The highest BCUT2D eigenvalue weighted by Crippen LogP contribution is 2.16. The number of nitrogens with one attached hydrogen (secondary N) is 1. The zero-order valence-electron chi connectivity index (χ0n) is 12.7. The van der Waals surface area contributed by atoms with Crippen molar-refractivity contribution >= 4 is 43.0 Å². The highest BCUT2D eigenvalue weighted by Gasteiger charge is 2.12. The van der Waals surface area contributed by atoms with Crippen LogP contribution in [0.5, 0.6) is 0 Å². The topological polar surface area (TPSA) is 77.8 Å². The Kier molecular flexibility index (Phi) is 5.73. The first-order valence-corrected chi connectivity index (χ1v) is 11.2. The monoisotopic (exact) mass is 360 g/mol. The summed E-state index contributed by atoms with van der Waals surface area (Å²) in [6, 6.07) is 1.11. The van der Waals surface area contributed by atoms with E-state index in [4.69, 9.17) is 27.9 Å². The fourth-order valence-electron chi connectivity index (χ4n) is 1.57. The SMILES string of the molecule is C[Si](C)(C)CCOCn1cncc1Nc1nc(Cl)nc(Cl)n1. The molecule has 0 bridgehead atoms. The molecule has 0 saturated carbocycles. The fourth-order valence-corrected chi connectivity index (χ4v) is 2.69. The van der Waals surface area contributed by atoms with E-state index < -0.39 is 8.07 Å².